The van der Waals surface area contributed by atoms with Gasteiger partial charge in [-0.2, -0.15) is 0 Å². The average molecular weight is 240 g/mol. The van der Waals surface area contributed by atoms with Crippen LogP contribution in [-0.2, 0) is 14.3 Å². The molecule has 1 heterocycles. The van der Waals surface area contributed by atoms with Crippen LogP contribution in [0.2, 0.25) is 0 Å². The number of carbonyl (C=O) groups is 2. The Morgan fingerprint density at radius 3 is 2.59 bits per heavy atom. The van der Waals surface area contributed by atoms with E-state index in [0.29, 0.717) is 12.5 Å². The largest absolute Gasteiger partial charge is 0.378 e. The minimum atomic E-state index is -0.0946. The standard InChI is InChI=1S/C12H20N2O3/c15-11(7-10-3-1-2-6-17-10)13-8-12(16)14-9-4-5-9/h9-10H,1-8H2,(H,13,15)(H,14,16). The van der Waals surface area contributed by atoms with Gasteiger partial charge in [0, 0.05) is 12.6 Å². The summed E-state index contributed by atoms with van der Waals surface area (Å²) in [5.74, 6) is -0.187. The lowest BCUT2D eigenvalue weighted by Gasteiger charge is -2.21. The summed E-state index contributed by atoms with van der Waals surface area (Å²) in [5, 5.41) is 5.46. The van der Waals surface area contributed by atoms with Crippen molar-refractivity contribution in [1.82, 2.24) is 10.6 Å². The van der Waals surface area contributed by atoms with Gasteiger partial charge in [-0.3, -0.25) is 9.59 Å². The molecule has 0 bridgehead atoms. The first-order valence-corrected chi connectivity index (χ1v) is 6.41. The van der Waals surface area contributed by atoms with E-state index in [0.717, 1.165) is 38.7 Å². The zero-order valence-electron chi connectivity index (χ0n) is 10.0. The smallest absolute Gasteiger partial charge is 0.239 e. The van der Waals surface area contributed by atoms with Gasteiger partial charge in [0.25, 0.3) is 0 Å². The number of hydrogen-bond acceptors (Lipinski definition) is 3. The van der Waals surface area contributed by atoms with Crippen molar-refractivity contribution in [2.24, 2.45) is 0 Å². The van der Waals surface area contributed by atoms with Gasteiger partial charge in [0.15, 0.2) is 0 Å². The molecule has 0 spiro atoms. The van der Waals surface area contributed by atoms with Crippen LogP contribution in [0.3, 0.4) is 0 Å². The van der Waals surface area contributed by atoms with Crippen molar-refractivity contribution in [2.75, 3.05) is 13.2 Å². The first-order valence-electron chi connectivity index (χ1n) is 6.41. The molecule has 5 heteroatoms. The molecule has 2 amide bonds. The van der Waals surface area contributed by atoms with Gasteiger partial charge in [-0.15, -0.1) is 0 Å². The van der Waals surface area contributed by atoms with E-state index >= 15 is 0 Å². The van der Waals surface area contributed by atoms with Crippen LogP contribution in [0.1, 0.15) is 38.5 Å². The summed E-state index contributed by atoms with van der Waals surface area (Å²) >= 11 is 0. The Hall–Kier alpha value is -1.10. The molecule has 2 rings (SSSR count). The van der Waals surface area contributed by atoms with Crippen molar-refractivity contribution >= 4 is 11.8 Å². The molecule has 1 saturated heterocycles. The predicted molar refractivity (Wildman–Crippen MR) is 62.4 cm³/mol. The molecule has 2 fully saturated rings. The summed E-state index contributed by atoms with van der Waals surface area (Å²) in [6, 6.07) is 0.348. The highest BCUT2D eigenvalue weighted by atomic mass is 16.5. The van der Waals surface area contributed by atoms with Gasteiger partial charge in [-0.05, 0) is 32.1 Å². The van der Waals surface area contributed by atoms with E-state index in [1.807, 2.05) is 0 Å². The van der Waals surface area contributed by atoms with Crippen molar-refractivity contribution in [1.29, 1.82) is 0 Å². The quantitative estimate of drug-likeness (QED) is 0.728. The second-order valence-corrected chi connectivity index (χ2v) is 4.81. The van der Waals surface area contributed by atoms with Crippen molar-refractivity contribution < 1.29 is 14.3 Å². The zero-order chi connectivity index (χ0) is 12.1. The Labute approximate surface area is 101 Å². The third-order valence-corrected chi connectivity index (χ3v) is 3.08. The number of ether oxygens (including phenoxy) is 1. The second kappa shape index (κ2) is 6.00. The number of hydrogen-bond donors (Lipinski definition) is 2. The molecule has 1 aliphatic heterocycles. The molecule has 5 nitrogen and oxygen atoms in total. The fourth-order valence-corrected chi connectivity index (χ4v) is 1.93. The van der Waals surface area contributed by atoms with E-state index < -0.39 is 0 Å². The molecule has 2 aliphatic rings. The van der Waals surface area contributed by atoms with Crippen molar-refractivity contribution in [3.63, 3.8) is 0 Å². The van der Waals surface area contributed by atoms with Gasteiger partial charge in [0.1, 0.15) is 0 Å². The molecule has 1 saturated carbocycles. The van der Waals surface area contributed by atoms with Gasteiger partial charge >= 0.3 is 0 Å². The average Bonchev–Trinajstić information content (AvgIpc) is 3.12. The van der Waals surface area contributed by atoms with E-state index in [-0.39, 0.29) is 24.5 Å². The van der Waals surface area contributed by atoms with E-state index in [9.17, 15) is 9.59 Å². The van der Waals surface area contributed by atoms with E-state index in [4.69, 9.17) is 4.74 Å². The van der Waals surface area contributed by atoms with Crippen molar-refractivity contribution in [3.8, 4) is 0 Å². The van der Waals surface area contributed by atoms with Crippen LogP contribution in [0.25, 0.3) is 0 Å². The molecular formula is C12H20N2O3. The van der Waals surface area contributed by atoms with E-state index in [1.165, 1.54) is 0 Å². The third-order valence-electron chi connectivity index (χ3n) is 3.08. The topological polar surface area (TPSA) is 67.4 Å². The lowest BCUT2D eigenvalue weighted by Crippen LogP contribution is -2.39. The molecule has 0 aromatic carbocycles. The Bertz CT molecular complexity index is 283. The molecule has 17 heavy (non-hydrogen) atoms. The lowest BCUT2D eigenvalue weighted by molar-refractivity contribution is -0.128. The third kappa shape index (κ3) is 4.73. The van der Waals surface area contributed by atoms with Gasteiger partial charge < -0.3 is 15.4 Å². The monoisotopic (exact) mass is 240 g/mol. The summed E-state index contributed by atoms with van der Waals surface area (Å²) in [6.07, 6.45) is 5.70. The fraction of sp³-hybridized carbons (Fsp3) is 0.833. The van der Waals surface area contributed by atoms with Crippen LogP contribution in [0, 0.1) is 0 Å². The summed E-state index contributed by atoms with van der Waals surface area (Å²) in [5.41, 5.74) is 0. The number of carbonyl (C=O) groups excluding carboxylic acids is 2. The minimum Gasteiger partial charge on any atom is -0.378 e. The number of rotatable bonds is 5. The lowest BCUT2D eigenvalue weighted by atomic mass is 10.1. The Kier molecular flexibility index (Phi) is 4.36. The van der Waals surface area contributed by atoms with Gasteiger partial charge in [-0.25, -0.2) is 0 Å². The summed E-state index contributed by atoms with van der Waals surface area (Å²) in [4.78, 5) is 22.9. The van der Waals surface area contributed by atoms with Crippen LogP contribution in [0.5, 0.6) is 0 Å². The maximum Gasteiger partial charge on any atom is 0.239 e. The molecule has 0 aromatic rings. The van der Waals surface area contributed by atoms with Gasteiger partial charge in [0.05, 0.1) is 19.1 Å². The molecule has 0 aromatic heterocycles. The highest BCUT2D eigenvalue weighted by molar-refractivity contribution is 5.85. The van der Waals surface area contributed by atoms with Crippen LogP contribution >= 0.6 is 0 Å². The number of nitrogens with one attached hydrogen (secondary N) is 2. The molecule has 1 aliphatic carbocycles. The first-order chi connectivity index (χ1) is 8.24. The molecular weight excluding hydrogens is 220 g/mol. The molecule has 0 radical (unpaired) electrons. The highest BCUT2D eigenvalue weighted by Gasteiger charge is 2.23. The molecule has 2 N–H and O–H groups in total. The van der Waals surface area contributed by atoms with Crippen molar-refractivity contribution in [3.05, 3.63) is 0 Å². The van der Waals surface area contributed by atoms with E-state index in [2.05, 4.69) is 10.6 Å². The van der Waals surface area contributed by atoms with Crippen LogP contribution in [0.4, 0.5) is 0 Å². The van der Waals surface area contributed by atoms with Crippen LogP contribution < -0.4 is 10.6 Å². The Morgan fingerprint density at radius 1 is 1.12 bits per heavy atom. The predicted octanol–water partition coefficient (Wildman–Crippen LogP) is 0.340. The zero-order valence-corrected chi connectivity index (χ0v) is 10.0. The molecule has 96 valence electrons. The maximum atomic E-state index is 11.5. The van der Waals surface area contributed by atoms with E-state index in [1.54, 1.807) is 0 Å². The summed E-state index contributed by atoms with van der Waals surface area (Å²) in [6.45, 7) is 0.835. The van der Waals surface area contributed by atoms with Crippen LogP contribution in [-0.4, -0.2) is 37.1 Å². The van der Waals surface area contributed by atoms with Gasteiger partial charge in [0.2, 0.25) is 11.8 Å². The summed E-state index contributed by atoms with van der Waals surface area (Å²) in [7, 11) is 0. The minimum absolute atomic E-state index is 0.0373. The Balaban J connectivity index is 1.57. The summed E-state index contributed by atoms with van der Waals surface area (Å²) < 4.78 is 5.47. The highest BCUT2D eigenvalue weighted by Crippen LogP contribution is 2.18. The Morgan fingerprint density at radius 2 is 1.94 bits per heavy atom. The second-order valence-electron chi connectivity index (χ2n) is 4.81. The van der Waals surface area contributed by atoms with Gasteiger partial charge in [-0.1, -0.05) is 0 Å². The fourth-order valence-electron chi connectivity index (χ4n) is 1.93. The maximum absolute atomic E-state index is 11.5. The molecule has 1 unspecified atom stereocenters. The molecule has 1 atom stereocenters. The van der Waals surface area contributed by atoms with Crippen molar-refractivity contribution in [2.45, 2.75) is 50.7 Å². The SMILES string of the molecule is O=C(CC1CCCCO1)NCC(=O)NC1CC1. The normalized spacial score (nSPS) is 24.1. The number of amides is 2. The first kappa shape index (κ1) is 12.4. The van der Waals surface area contributed by atoms with Crippen LogP contribution in [0.15, 0.2) is 0 Å².